The van der Waals surface area contributed by atoms with E-state index in [0.29, 0.717) is 6.54 Å². The molecule has 0 aliphatic rings. The van der Waals surface area contributed by atoms with Crippen LogP contribution in [0.15, 0.2) is 59.6 Å². The third-order valence-electron chi connectivity index (χ3n) is 4.46. The van der Waals surface area contributed by atoms with E-state index in [9.17, 15) is 4.79 Å². The van der Waals surface area contributed by atoms with Gasteiger partial charge in [-0.15, -0.1) is 11.8 Å². The first kappa shape index (κ1) is 18.9. The standard InChI is InChI=1S/C21H23ClN2OS/c1-3-23(4-2)21(25)14-24-13-20(18-10-5-6-11-19(18)24)26-15-16-8-7-9-17(22)12-16/h5-13H,3-4,14-15H2,1-2H3. The molecule has 0 saturated carbocycles. The normalized spacial score (nSPS) is 11.0. The number of hydrogen-bond acceptors (Lipinski definition) is 2. The van der Waals surface area contributed by atoms with Crippen molar-refractivity contribution in [3.05, 3.63) is 65.3 Å². The zero-order chi connectivity index (χ0) is 18.5. The molecule has 0 aliphatic heterocycles. The summed E-state index contributed by atoms with van der Waals surface area (Å²) in [6.07, 6.45) is 2.10. The lowest BCUT2D eigenvalue weighted by Gasteiger charge is -2.19. The summed E-state index contributed by atoms with van der Waals surface area (Å²) in [5.74, 6) is 1.00. The summed E-state index contributed by atoms with van der Waals surface area (Å²) in [5.41, 5.74) is 2.29. The molecule has 1 amide bonds. The lowest BCUT2D eigenvalue weighted by Crippen LogP contribution is -2.33. The van der Waals surface area contributed by atoms with E-state index in [-0.39, 0.29) is 5.91 Å². The van der Waals surface area contributed by atoms with Gasteiger partial charge < -0.3 is 9.47 Å². The number of aromatic nitrogens is 1. The fourth-order valence-corrected chi connectivity index (χ4v) is 4.31. The molecule has 0 bridgehead atoms. The first-order valence-electron chi connectivity index (χ1n) is 8.85. The SMILES string of the molecule is CCN(CC)C(=O)Cn1cc(SCc2cccc(Cl)c2)c2ccccc21. The summed E-state index contributed by atoms with van der Waals surface area (Å²) in [6, 6.07) is 16.2. The Morgan fingerprint density at radius 2 is 1.88 bits per heavy atom. The minimum atomic E-state index is 0.155. The van der Waals surface area contributed by atoms with Crippen LogP contribution in [0.1, 0.15) is 19.4 Å². The lowest BCUT2D eigenvalue weighted by atomic mass is 10.2. The molecule has 136 valence electrons. The third-order valence-corrected chi connectivity index (χ3v) is 5.81. The van der Waals surface area contributed by atoms with Crippen molar-refractivity contribution in [3.63, 3.8) is 0 Å². The predicted molar refractivity (Wildman–Crippen MR) is 111 cm³/mol. The van der Waals surface area contributed by atoms with Crippen LogP contribution in [-0.4, -0.2) is 28.5 Å². The molecule has 0 radical (unpaired) electrons. The maximum atomic E-state index is 12.5. The highest BCUT2D eigenvalue weighted by Gasteiger charge is 2.14. The van der Waals surface area contributed by atoms with Gasteiger partial charge in [-0.1, -0.05) is 41.9 Å². The van der Waals surface area contributed by atoms with E-state index in [0.717, 1.165) is 29.4 Å². The number of carbonyl (C=O) groups is 1. The van der Waals surface area contributed by atoms with Gasteiger partial charge in [0.05, 0.1) is 0 Å². The van der Waals surface area contributed by atoms with Gasteiger partial charge in [-0.25, -0.2) is 0 Å². The van der Waals surface area contributed by atoms with Crippen LogP contribution < -0.4 is 0 Å². The summed E-state index contributed by atoms with van der Waals surface area (Å²) in [4.78, 5) is 15.6. The van der Waals surface area contributed by atoms with Gasteiger partial charge >= 0.3 is 0 Å². The molecule has 2 aromatic carbocycles. The molecule has 5 heteroatoms. The zero-order valence-electron chi connectivity index (χ0n) is 15.1. The monoisotopic (exact) mass is 386 g/mol. The average molecular weight is 387 g/mol. The molecule has 0 N–H and O–H groups in total. The van der Waals surface area contributed by atoms with Crippen LogP contribution in [0.3, 0.4) is 0 Å². The van der Waals surface area contributed by atoms with Crippen molar-refractivity contribution >= 4 is 40.2 Å². The molecule has 3 nitrogen and oxygen atoms in total. The van der Waals surface area contributed by atoms with Gasteiger partial charge in [-0.3, -0.25) is 4.79 Å². The molecule has 0 unspecified atom stereocenters. The molecule has 0 aliphatic carbocycles. The number of carbonyl (C=O) groups excluding carboxylic acids is 1. The Kier molecular flexibility index (Phi) is 6.28. The van der Waals surface area contributed by atoms with Crippen LogP contribution in [0, 0.1) is 0 Å². The van der Waals surface area contributed by atoms with Crippen molar-refractivity contribution in [3.8, 4) is 0 Å². The van der Waals surface area contributed by atoms with Gasteiger partial charge in [-0.2, -0.15) is 0 Å². The number of para-hydroxylation sites is 1. The molecule has 1 aromatic heterocycles. The number of nitrogens with zero attached hydrogens (tertiary/aromatic N) is 2. The number of rotatable bonds is 7. The summed E-state index contributed by atoms with van der Waals surface area (Å²) in [7, 11) is 0. The molecule has 0 fully saturated rings. The summed E-state index contributed by atoms with van der Waals surface area (Å²) < 4.78 is 2.07. The molecule has 1 heterocycles. The van der Waals surface area contributed by atoms with Crippen molar-refractivity contribution in [1.82, 2.24) is 9.47 Å². The number of fused-ring (bicyclic) bond motifs is 1. The minimum Gasteiger partial charge on any atom is -0.342 e. The number of halogens is 1. The molecule has 0 spiro atoms. The summed E-state index contributed by atoms with van der Waals surface area (Å²) in [5, 5.41) is 1.95. The Labute approximate surface area is 163 Å². The molecular weight excluding hydrogens is 364 g/mol. The van der Waals surface area contributed by atoms with E-state index in [1.807, 2.05) is 49.1 Å². The van der Waals surface area contributed by atoms with Gasteiger partial charge in [0.15, 0.2) is 0 Å². The molecule has 3 aromatic rings. The Bertz CT molecular complexity index is 902. The van der Waals surface area contributed by atoms with Gasteiger partial charge in [0.1, 0.15) is 6.54 Å². The van der Waals surface area contributed by atoms with Crippen LogP contribution in [-0.2, 0) is 17.1 Å². The highest BCUT2D eigenvalue weighted by Crippen LogP contribution is 2.32. The van der Waals surface area contributed by atoms with E-state index in [4.69, 9.17) is 11.6 Å². The predicted octanol–water partition coefficient (Wildman–Crippen LogP) is 5.46. The fourth-order valence-electron chi connectivity index (χ4n) is 3.07. The van der Waals surface area contributed by atoms with E-state index in [1.54, 1.807) is 11.8 Å². The van der Waals surface area contributed by atoms with Crippen LogP contribution >= 0.6 is 23.4 Å². The van der Waals surface area contributed by atoms with E-state index in [2.05, 4.69) is 29.0 Å². The average Bonchev–Trinajstić information content (AvgIpc) is 2.99. The van der Waals surface area contributed by atoms with Crippen molar-refractivity contribution in [1.29, 1.82) is 0 Å². The molecular formula is C21H23ClN2OS. The Hall–Kier alpha value is -1.91. The quantitative estimate of drug-likeness (QED) is 0.504. The highest BCUT2D eigenvalue weighted by atomic mass is 35.5. The smallest absolute Gasteiger partial charge is 0.242 e. The maximum absolute atomic E-state index is 12.5. The zero-order valence-corrected chi connectivity index (χ0v) is 16.7. The molecule has 3 rings (SSSR count). The number of thioether (sulfide) groups is 1. The second kappa shape index (κ2) is 8.65. The number of hydrogen-bond donors (Lipinski definition) is 0. The van der Waals surface area contributed by atoms with Crippen molar-refractivity contribution in [2.24, 2.45) is 0 Å². The topological polar surface area (TPSA) is 25.2 Å². The van der Waals surface area contributed by atoms with Crippen molar-refractivity contribution in [2.45, 2.75) is 31.0 Å². The largest absolute Gasteiger partial charge is 0.342 e. The van der Waals surface area contributed by atoms with Crippen LogP contribution in [0.5, 0.6) is 0 Å². The van der Waals surface area contributed by atoms with Crippen molar-refractivity contribution < 1.29 is 4.79 Å². The van der Waals surface area contributed by atoms with Gasteiger partial charge in [0.2, 0.25) is 5.91 Å². The Morgan fingerprint density at radius 3 is 2.62 bits per heavy atom. The van der Waals surface area contributed by atoms with Gasteiger partial charge in [-0.05, 0) is 37.6 Å². The molecule has 26 heavy (non-hydrogen) atoms. The first-order valence-corrected chi connectivity index (χ1v) is 10.2. The van der Waals surface area contributed by atoms with E-state index >= 15 is 0 Å². The number of amides is 1. The number of likely N-dealkylation sites (N-methyl/N-ethyl adjacent to an activating group) is 1. The van der Waals surface area contributed by atoms with E-state index in [1.165, 1.54) is 15.8 Å². The summed E-state index contributed by atoms with van der Waals surface area (Å²) >= 11 is 7.86. The highest BCUT2D eigenvalue weighted by molar-refractivity contribution is 7.98. The molecule has 0 saturated heterocycles. The van der Waals surface area contributed by atoms with Crippen LogP contribution in [0.25, 0.3) is 10.9 Å². The van der Waals surface area contributed by atoms with Crippen molar-refractivity contribution in [2.75, 3.05) is 13.1 Å². The second-order valence-corrected chi connectivity index (χ2v) is 7.58. The maximum Gasteiger partial charge on any atom is 0.242 e. The van der Waals surface area contributed by atoms with Gasteiger partial charge in [0.25, 0.3) is 0 Å². The third kappa shape index (κ3) is 4.25. The summed E-state index contributed by atoms with van der Waals surface area (Å²) in [6.45, 7) is 5.89. The first-order chi connectivity index (χ1) is 12.6. The Morgan fingerprint density at radius 1 is 1.12 bits per heavy atom. The van der Waals surface area contributed by atoms with Crippen LogP contribution in [0.4, 0.5) is 0 Å². The second-order valence-electron chi connectivity index (χ2n) is 6.12. The van der Waals surface area contributed by atoms with E-state index < -0.39 is 0 Å². The lowest BCUT2D eigenvalue weighted by molar-refractivity contribution is -0.131. The Balaban J connectivity index is 1.84. The van der Waals surface area contributed by atoms with Crippen LogP contribution in [0.2, 0.25) is 5.02 Å². The fraction of sp³-hybridized carbons (Fsp3) is 0.286. The molecule has 0 atom stereocenters. The minimum absolute atomic E-state index is 0.155. The van der Waals surface area contributed by atoms with Gasteiger partial charge in [0, 0.05) is 45.9 Å². The number of benzene rings is 2.